The van der Waals surface area contributed by atoms with Crippen molar-refractivity contribution in [3.8, 4) is 22.2 Å². The molecule has 0 spiro atoms. The van der Waals surface area contributed by atoms with Gasteiger partial charge in [0.1, 0.15) is 5.56 Å². The van der Waals surface area contributed by atoms with Gasteiger partial charge >= 0.3 is 0 Å². The molecule has 1 aliphatic heterocycles. The zero-order valence-electron chi connectivity index (χ0n) is 15.1. The molecular formula is C21H18N4O2S. The zero-order chi connectivity index (χ0) is 18.9. The number of H-pyrrole nitrogens is 1. The summed E-state index contributed by atoms with van der Waals surface area (Å²) in [6.07, 6.45) is 0.821. The topological polar surface area (TPSA) is 75.0 Å². The fourth-order valence-corrected chi connectivity index (χ4v) is 4.18. The molecule has 140 valence electrons. The highest BCUT2D eigenvalue weighted by molar-refractivity contribution is 7.13. The van der Waals surface area contributed by atoms with Crippen LogP contribution in [-0.4, -0.2) is 26.6 Å². The summed E-state index contributed by atoms with van der Waals surface area (Å²) in [6.45, 7) is 2.58. The Morgan fingerprint density at radius 3 is 2.79 bits per heavy atom. The van der Waals surface area contributed by atoms with Gasteiger partial charge in [-0.05, 0) is 28.6 Å². The highest BCUT2D eigenvalue weighted by Crippen LogP contribution is 2.27. The van der Waals surface area contributed by atoms with E-state index in [2.05, 4.69) is 44.3 Å². The van der Waals surface area contributed by atoms with Crippen molar-refractivity contribution in [1.82, 2.24) is 20.1 Å². The number of hydrogen-bond donors (Lipinski definition) is 1. The summed E-state index contributed by atoms with van der Waals surface area (Å²) in [5.74, 6) is 0.695. The number of rotatable bonds is 4. The number of aromatic amines is 1. The first-order chi connectivity index (χ1) is 13.8. The summed E-state index contributed by atoms with van der Waals surface area (Å²) in [4.78, 5) is 18.9. The van der Waals surface area contributed by atoms with Crippen LogP contribution in [0, 0.1) is 0 Å². The lowest BCUT2D eigenvalue weighted by atomic mass is 10.0. The smallest absolute Gasteiger partial charge is 0.260 e. The Morgan fingerprint density at radius 1 is 1.11 bits per heavy atom. The molecule has 0 radical (unpaired) electrons. The van der Waals surface area contributed by atoms with Gasteiger partial charge in [0.25, 0.3) is 17.3 Å². The fraction of sp³-hybridized carbons (Fsp3) is 0.190. The summed E-state index contributed by atoms with van der Waals surface area (Å²) in [5, 5.41) is 10.1. The maximum atomic E-state index is 12.6. The van der Waals surface area contributed by atoms with Crippen LogP contribution in [0.15, 0.2) is 63.1 Å². The first-order valence-electron chi connectivity index (χ1n) is 9.15. The summed E-state index contributed by atoms with van der Waals surface area (Å²) in [6, 6.07) is 16.2. The highest BCUT2D eigenvalue weighted by Gasteiger charge is 2.21. The minimum atomic E-state index is -0.184. The highest BCUT2D eigenvalue weighted by atomic mass is 32.1. The van der Waals surface area contributed by atoms with E-state index >= 15 is 0 Å². The number of fused-ring (bicyclic) bond motifs is 1. The predicted molar refractivity (Wildman–Crippen MR) is 108 cm³/mol. The van der Waals surface area contributed by atoms with E-state index in [1.807, 2.05) is 29.6 Å². The number of benzene rings is 1. The summed E-state index contributed by atoms with van der Waals surface area (Å²) in [7, 11) is 0. The van der Waals surface area contributed by atoms with Crippen LogP contribution in [0.3, 0.4) is 0 Å². The van der Waals surface area contributed by atoms with Crippen LogP contribution < -0.4 is 5.56 Å². The largest absolute Gasteiger partial charge is 0.415 e. The van der Waals surface area contributed by atoms with Crippen LogP contribution in [0.25, 0.3) is 22.2 Å². The lowest BCUT2D eigenvalue weighted by Gasteiger charge is -2.28. The van der Waals surface area contributed by atoms with E-state index in [-0.39, 0.29) is 11.4 Å². The summed E-state index contributed by atoms with van der Waals surface area (Å²) < 4.78 is 5.76. The number of hydrogen-bond acceptors (Lipinski definition) is 6. The molecule has 3 aromatic heterocycles. The molecule has 0 aliphatic carbocycles. The monoisotopic (exact) mass is 390 g/mol. The van der Waals surface area contributed by atoms with Gasteiger partial charge in [0, 0.05) is 31.7 Å². The van der Waals surface area contributed by atoms with E-state index < -0.39 is 0 Å². The van der Waals surface area contributed by atoms with E-state index in [4.69, 9.17) is 4.42 Å². The Morgan fingerprint density at radius 2 is 1.96 bits per heavy atom. The number of thiophene rings is 1. The van der Waals surface area contributed by atoms with Gasteiger partial charge in [0.2, 0.25) is 0 Å². The maximum Gasteiger partial charge on any atom is 0.260 e. The van der Waals surface area contributed by atoms with Crippen molar-refractivity contribution in [1.29, 1.82) is 0 Å². The van der Waals surface area contributed by atoms with Crippen molar-refractivity contribution in [2.24, 2.45) is 0 Å². The zero-order valence-corrected chi connectivity index (χ0v) is 15.9. The molecule has 0 saturated heterocycles. The number of nitrogens with one attached hydrogen (secondary N) is 1. The van der Waals surface area contributed by atoms with Crippen LogP contribution in [0.1, 0.15) is 16.8 Å². The van der Waals surface area contributed by atoms with Crippen LogP contribution in [0.2, 0.25) is 0 Å². The van der Waals surface area contributed by atoms with Gasteiger partial charge in [-0.2, -0.15) is 0 Å². The molecule has 1 aromatic carbocycles. The van der Waals surface area contributed by atoms with Crippen LogP contribution in [-0.2, 0) is 19.5 Å². The molecule has 0 bridgehead atoms. The second-order valence-electron chi connectivity index (χ2n) is 6.85. The number of aromatic nitrogens is 3. The molecule has 0 amide bonds. The SMILES string of the molecule is O=c1[nH]c2c(cc1-c1nnc(-c3cccs3)o1)CN(Cc1ccccc1)CC2. The predicted octanol–water partition coefficient (Wildman–Crippen LogP) is 3.71. The Labute approximate surface area is 165 Å². The van der Waals surface area contributed by atoms with Gasteiger partial charge in [-0.15, -0.1) is 21.5 Å². The van der Waals surface area contributed by atoms with Gasteiger partial charge in [-0.3, -0.25) is 9.69 Å². The average molecular weight is 390 g/mol. The van der Waals surface area contributed by atoms with Gasteiger partial charge in [0.15, 0.2) is 0 Å². The van der Waals surface area contributed by atoms with E-state index in [0.717, 1.165) is 42.2 Å². The minimum Gasteiger partial charge on any atom is -0.415 e. The summed E-state index contributed by atoms with van der Waals surface area (Å²) >= 11 is 1.52. The Hall–Kier alpha value is -3.03. The number of nitrogens with zero attached hydrogens (tertiary/aromatic N) is 3. The third-order valence-corrected chi connectivity index (χ3v) is 5.78. The standard InChI is InChI=1S/C21H18N4O2S/c26-19-16(20-23-24-21(27-20)18-7-4-10-28-18)11-15-13-25(9-8-17(15)22-19)12-14-5-2-1-3-6-14/h1-7,10-11H,8-9,12-13H2,(H,22,26). The van der Waals surface area contributed by atoms with E-state index in [1.165, 1.54) is 16.9 Å². The van der Waals surface area contributed by atoms with Crippen molar-refractivity contribution in [2.45, 2.75) is 19.5 Å². The van der Waals surface area contributed by atoms with E-state index in [0.29, 0.717) is 11.5 Å². The third kappa shape index (κ3) is 3.30. The minimum absolute atomic E-state index is 0.184. The Balaban J connectivity index is 1.43. The van der Waals surface area contributed by atoms with Gasteiger partial charge in [-0.25, -0.2) is 0 Å². The fourth-order valence-electron chi connectivity index (χ4n) is 3.53. The van der Waals surface area contributed by atoms with Crippen LogP contribution in [0.5, 0.6) is 0 Å². The van der Waals surface area contributed by atoms with E-state index in [1.54, 1.807) is 0 Å². The Kier molecular flexibility index (Phi) is 4.38. The molecule has 4 heterocycles. The molecule has 6 nitrogen and oxygen atoms in total. The van der Waals surface area contributed by atoms with Crippen molar-refractivity contribution < 1.29 is 4.42 Å². The van der Waals surface area contributed by atoms with Gasteiger partial charge < -0.3 is 9.40 Å². The Bertz CT molecular complexity index is 1150. The van der Waals surface area contributed by atoms with Gasteiger partial charge in [-0.1, -0.05) is 36.4 Å². The van der Waals surface area contributed by atoms with Crippen molar-refractivity contribution >= 4 is 11.3 Å². The number of pyridine rings is 1. The molecule has 5 rings (SSSR count). The molecule has 0 unspecified atom stereocenters. The average Bonchev–Trinajstić information content (AvgIpc) is 3.40. The molecule has 1 N–H and O–H groups in total. The van der Waals surface area contributed by atoms with E-state index in [9.17, 15) is 4.79 Å². The van der Waals surface area contributed by atoms with Crippen LogP contribution >= 0.6 is 11.3 Å². The maximum absolute atomic E-state index is 12.6. The molecule has 0 atom stereocenters. The van der Waals surface area contributed by atoms with Crippen molar-refractivity contribution in [2.75, 3.05) is 6.54 Å². The molecule has 1 aliphatic rings. The third-order valence-electron chi connectivity index (χ3n) is 4.92. The van der Waals surface area contributed by atoms with Crippen molar-refractivity contribution in [3.05, 3.63) is 81.1 Å². The first kappa shape index (κ1) is 17.1. The lowest BCUT2D eigenvalue weighted by Crippen LogP contribution is -2.32. The normalized spacial score (nSPS) is 14.1. The molecular weight excluding hydrogens is 372 g/mol. The van der Waals surface area contributed by atoms with Gasteiger partial charge in [0.05, 0.1) is 4.88 Å². The summed E-state index contributed by atoms with van der Waals surface area (Å²) in [5.41, 5.74) is 3.63. The van der Waals surface area contributed by atoms with Crippen LogP contribution in [0.4, 0.5) is 0 Å². The molecule has 0 saturated carbocycles. The first-order valence-corrected chi connectivity index (χ1v) is 10.0. The second kappa shape index (κ2) is 7.18. The quantitative estimate of drug-likeness (QED) is 0.575. The van der Waals surface area contributed by atoms with Crippen molar-refractivity contribution in [3.63, 3.8) is 0 Å². The molecule has 0 fully saturated rings. The molecule has 4 aromatic rings. The lowest BCUT2D eigenvalue weighted by molar-refractivity contribution is 0.243. The molecule has 7 heteroatoms. The second-order valence-corrected chi connectivity index (χ2v) is 7.80. The molecule has 28 heavy (non-hydrogen) atoms.